The van der Waals surface area contributed by atoms with E-state index in [1.165, 1.54) is 11.3 Å². The predicted octanol–water partition coefficient (Wildman–Crippen LogP) is 2.34. The van der Waals surface area contributed by atoms with Crippen LogP contribution >= 0.6 is 22.9 Å². The summed E-state index contributed by atoms with van der Waals surface area (Å²) in [6.07, 6.45) is 1.59. The first-order valence-corrected chi connectivity index (χ1v) is 5.74. The van der Waals surface area contributed by atoms with E-state index in [0.717, 1.165) is 4.70 Å². The molecular formula is C9H7BClN3OS. The third-order valence-corrected chi connectivity index (χ3v) is 3.38. The molecule has 0 saturated heterocycles. The molecule has 2 aromatic heterocycles. The van der Waals surface area contributed by atoms with Gasteiger partial charge in [-0.15, -0.1) is 11.3 Å². The molecule has 4 nitrogen and oxygen atoms in total. The first kappa shape index (κ1) is 11.2. The highest BCUT2D eigenvalue weighted by molar-refractivity contribution is 7.23. The molecule has 0 fully saturated rings. The minimum absolute atomic E-state index is 0.309. The van der Waals surface area contributed by atoms with Crippen LogP contribution < -0.4 is 5.23 Å². The summed E-state index contributed by atoms with van der Waals surface area (Å²) in [5.74, 6) is 0. The number of hydrogen-bond acceptors (Lipinski definition) is 5. The van der Waals surface area contributed by atoms with Gasteiger partial charge >= 0.3 is 7.05 Å². The average Bonchev–Trinajstić information content (AvgIpc) is 2.55. The van der Waals surface area contributed by atoms with Crippen LogP contribution in [-0.4, -0.2) is 17.1 Å². The molecule has 0 bridgehead atoms. The Morgan fingerprint density at radius 2 is 2.44 bits per heavy atom. The van der Waals surface area contributed by atoms with Gasteiger partial charge in [0.1, 0.15) is 11.2 Å². The van der Waals surface area contributed by atoms with Crippen molar-refractivity contribution in [2.75, 3.05) is 5.23 Å². The van der Waals surface area contributed by atoms with Gasteiger partial charge in [0.05, 0.1) is 10.6 Å². The molecule has 0 spiro atoms. The van der Waals surface area contributed by atoms with E-state index in [4.69, 9.17) is 16.9 Å². The average molecular weight is 252 g/mol. The highest BCUT2D eigenvalue weighted by Gasteiger charge is 2.17. The third-order valence-electron chi connectivity index (χ3n) is 2.01. The maximum absolute atomic E-state index is 9.26. The van der Waals surface area contributed by atoms with Crippen molar-refractivity contribution < 1.29 is 5.02 Å². The second-order valence-electron chi connectivity index (χ2n) is 3.21. The summed E-state index contributed by atoms with van der Waals surface area (Å²) in [6, 6.07) is 3.87. The molecule has 0 aromatic carbocycles. The largest absolute Gasteiger partial charge is 0.433 e. The lowest BCUT2D eigenvalue weighted by Gasteiger charge is -2.02. The maximum atomic E-state index is 9.26. The van der Waals surface area contributed by atoms with Crippen LogP contribution in [0.3, 0.4) is 0 Å². The zero-order chi connectivity index (χ0) is 11.7. The van der Waals surface area contributed by atoms with Crippen LogP contribution in [0.5, 0.6) is 0 Å². The summed E-state index contributed by atoms with van der Waals surface area (Å²) in [4.78, 5) is 3.94. The third kappa shape index (κ3) is 1.85. The second kappa shape index (κ2) is 4.30. The van der Waals surface area contributed by atoms with Crippen molar-refractivity contribution in [2.24, 2.45) is 0 Å². The minimum Gasteiger partial charge on any atom is -0.433 e. The van der Waals surface area contributed by atoms with Crippen molar-refractivity contribution in [2.45, 2.75) is 6.82 Å². The van der Waals surface area contributed by atoms with Crippen molar-refractivity contribution in [1.29, 1.82) is 5.26 Å². The smallest absolute Gasteiger partial charge is 0.407 e. The number of halogens is 1. The quantitative estimate of drug-likeness (QED) is 0.635. The molecule has 2 aromatic rings. The van der Waals surface area contributed by atoms with Crippen LogP contribution in [0.1, 0.15) is 5.56 Å². The Labute approximate surface area is 102 Å². The van der Waals surface area contributed by atoms with E-state index in [-0.39, 0.29) is 0 Å². The van der Waals surface area contributed by atoms with Gasteiger partial charge in [-0.3, -0.25) is 0 Å². The Bertz CT molecular complexity index is 578. The Morgan fingerprint density at radius 3 is 3.06 bits per heavy atom. The molecule has 0 unspecified atom stereocenters. The molecule has 0 aliphatic rings. The van der Waals surface area contributed by atoms with Crippen LogP contribution in [0.4, 0.5) is 5.00 Å². The SMILES string of the molecule is CB(O)Nc1sc2ccnc(Cl)c2c1C#N. The number of nitrogens with zero attached hydrogens (tertiary/aromatic N) is 2. The van der Waals surface area contributed by atoms with E-state index < -0.39 is 7.05 Å². The van der Waals surface area contributed by atoms with Crippen LogP contribution in [0.15, 0.2) is 12.3 Å². The molecule has 2 N–H and O–H groups in total. The van der Waals surface area contributed by atoms with Gasteiger partial charge in [-0.25, -0.2) is 4.98 Å². The fraction of sp³-hybridized carbons (Fsp3) is 0.111. The molecule has 0 radical (unpaired) electrons. The van der Waals surface area contributed by atoms with Crippen LogP contribution in [-0.2, 0) is 0 Å². The lowest BCUT2D eigenvalue weighted by atomic mass is 9.89. The number of anilines is 1. The van der Waals surface area contributed by atoms with Crippen molar-refractivity contribution in [1.82, 2.24) is 4.98 Å². The van der Waals surface area contributed by atoms with Gasteiger partial charge < -0.3 is 10.3 Å². The zero-order valence-electron chi connectivity index (χ0n) is 8.36. The molecule has 0 atom stereocenters. The molecule has 16 heavy (non-hydrogen) atoms. The van der Waals surface area contributed by atoms with Gasteiger partial charge in [0.15, 0.2) is 0 Å². The fourth-order valence-electron chi connectivity index (χ4n) is 1.40. The normalized spacial score (nSPS) is 10.1. The van der Waals surface area contributed by atoms with Gasteiger partial charge in [-0.05, 0) is 12.9 Å². The molecule has 0 aliphatic carbocycles. The first-order chi connectivity index (χ1) is 7.63. The second-order valence-corrected chi connectivity index (χ2v) is 4.62. The number of pyridine rings is 1. The molecule has 2 heterocycles. The predicted molar refractivity (Wildman–Crippen MR) is 66.8 cm³/mol. The number of thiophene rings is 1. The Morgan fingerprint density at radius 1 is 1.69 bits per heavy atom. The lowest BCUT2D eigenvalue weighted by molar-refractivity contribution is 0.587. The van der Waals surface area contributed by atoms with Crippen molar-refractivity contribution in [3.05, 3.63) is 23.0 Å². The molecule has 0 amide bonds. The molecule has 0 saturated carbocycles. The number of nitriles is 1. The lowest BCUT2D eigenvalue weighted by Crippen LogP contribution is -2.19. The molecule has 2 rings (SSSR count). The summed E-state index contributed by atoms with van der Waals surface area (Å²) in [7, 11) is -0.716. The van der Waals surface area contributed by atoms with Crippen molar-refractivity contribution in [3.63, 3.8) is 0 Å². The summed E-state index contributed by atoms with van der Waals surface area (Å²) in [6.45, 7) is 1.59. The summed E-state index contributed by atoms with van der Waals surface area (Å²) in [5.41, 5.74) is 0.430. The van der Waals surface area contributed by atoms with Gasteiger partial charge in [0.2, 0.25) is 0 Å². The van der Waals surface area contributed by atoms with Crippen LogP contribution in [0.2, 0.25) is 12.0 Å². The van der Waals surface area contributed by atoms with E-state index in [9.17, 15) is 5.02 Å². The topological polar surface area (TPSA) is 68.9 Å². The fourth-order valence-corrected chi connectivity index (χ4v) is 2.84. The Hall–Kier alpha value is -1.29. The van der Waals surface area contributed by atoms with E-state index in [2.05, 4.69) is 16.3 Å². The number of aromatic nitrogens is 1. The van der Waals surface area contributed by atoms with Crippen molar-refractivity contribution >= 4 is 45.1 Å². The number of hydrogen-bond donors (Lipinski definition) is 2. The molecule has 80 valence electrons. The minimum atomic E-state index is -0.716. The monoisotopic (exact) mass is 251 g/mol. The maximum Gasteiger partial charge on any atom is 0.407 e. The highest BCUT2D eigenvalue weighted by atomic mass is 35.5. The zero-order valence-corrected chi connectivity index (χ0v) is 9.93. The van der Waals surface area contributed by atoms with Gasteiger partial charge in [0.25, 0.3) is 0 Å². The standard InChI is InChI=1S/C9H7BClN3OS/c1-10(15)14-9-5(4-12)7-6(16-9)2-3-13-8(7)11/h2-3,14-15H,1H3. The van der Waals surface area contributed by atoms with E-state index in [1.807, 2.05) is 0 Å². The van der Waals surface area contributed by atoms with Crippen molar-refractivity contribution in [3.8, 4) is 6.07 Å². The van der Waals surface area contributed by atoms with E-state index in [0.29, 0.717) is 21.1 Å². The van der Waals surface area contributed by atoms with Gasteiger partial charge in [-0.2, -0.15) is 5.26 Å². The van der Waals surface area contributed by atoms with E-state index >= 15 is 0 Å². The van der Waals surface area contributed by atoms with Gasteiger partial charge in [-0.1, -0.05) is 11.6 Å². The molecule has 0 aliphatic heterocycles. The van der Waals surface area contributed by atoms with Crippen LogP contribution in [0.25, 0.3) is 10.1 Å². The Balaban J connectivity index is 2.68. The van der Waals surface area contributed by atoms with E-state index in [1.54, 1.807) is 19.1 Å². The first-order valence-electron chi connectivity index (χ1n) is 4.55. The number of rotatable bonds is 2. The van der Waals surface area contributed by atoms with Gasteiger partial charge in [0, 0.05) is 16.3 Å². The number of fused-ring (bicyclic) bond motifs is 1. The Kier molecular flexibility index (Phi) is 3.01. The highest BCUT2D eigenvalue weighted by Crippen LogP contribution is 2.37. The summed E-state index contributed by atoms with van der Waals surface area (Å²) >= 11 is 7.32. The van der Waals surface area contributed by atoms with Crippen LogP contribution in [0, 0.1) is 11.3 Å². The summed E-state index contributed by atoms with van der Waals surface area (Å²) < 4.78 is 0.875. The summed E-state index contributed by atoms with van der Waals surface area (Å²) in [5, 5.41) is 22.7. The number of nitrogens with one attached hydrogen (secondary N) is 1. The molecule has 7 heteroatoms. The molecular weight excluding hydrogens is 244 g/mol.